The molecule has 0 radical (unpaired) electrons. The SMILES string of the molecule is CC(C)(Cn1c(-c2ccccc2)c[nH]c1=S)NS(C)(=O)=O. The summed E-state index contributed by atoms with van der Waals surface area (Å²) in [5.74, 6) is 0. The fourth-order valence-corrected chi connectivity index (χ4v) is 3.62. The Morgan fingerprint density at radius 2 is 1.90 bits per heavy atom. The topological polar surface area (TPSA) is 66.9 Å². The molecule has 1 heterocycles. The van der Waals surface area contributed by atoms with Crippen LogP contribution in [0, 0.1) is 4.77 Å². The van der Waals surface area contributed by atoms with Gasteiger partial charge in [-0.05, 0) is 31.6 Å². The predicted molar refractivity (Wildman–Crippen MR) is 87.1 cm³/mol. The van der Waals surface area contributed by atoms with Crippen molar-refractivity contribution in [1.29, 1.82) is 0 Å². The van der Waals surface area contributed by atoms with E-state index in [0.717, 1.165) is 17.5 Å². The van der Waals surface area contributed by atoms with Crippen LogP contribution >= 0.6 is 12.2 Å². The third-order valence-corrected chi connectivity index (χ3v) is 4.21. The molecule has 0 bridgehead atoms. The minimum Gasteiger partial charge on any atom is -0.337 e. The second kappa shape index (κ2) is 5.75. The Morgan fingerprint density at radius 3 is 2.48 bits per heavy atom. The van der Waals surface area contributed by atoms with Crippen LogP contribution in [-0.2, 0) is 16.6 Å². The molecule has 0 atom stereocenters. The lowest BCUT2D eigenvalue weighted by atomic mass is 10.1. The molecule has 21 heavy (non-hydrogen) atoms. The van der Waals surface area contributed by atoms with Crippen LogP contribution in [0.15, 0.2) is 36.5 Å². The van der Waals surface area contributed by atoms with Crippen LogP contribution in [0.25, 0.3) is 11.3 Å². The van der Waals surface area contributed by atoms with E-state index >= 15 is 0 Å². The van der Waals surface area contributed by atoms with Crippen LogP contribution < -0.4 is 4.72 Å². The van der Waals surface area contributed by atoms with E-state index in [1.54, 1.807) is 0 Å². The quantitative estimate of drug-likeness (QED) is 0.830. The van der Waals surface area contributed by atoms with Crippen molar-refractivity contribution >= 4 is 22.2 Å². The van der Waals surface area contributed by atoms with Crippen molar-refractivity contribution in [2.24, 2.45) is 0 Å². The highest BCUT2D eigenvalue weighted by atomic mass is 32.2. The summed E-state index contributed by atoms with van der Waals surface area (Å²) in [4.78, 5) is 3.02. The summed E-state index contributed by atoms with van der Waals surface area (Å²) >= 11 is 5.31. The first kappa shape index (κ1) is 15.9. The molecule has 2 N–H and O–H groups in total. The first-order chi connectivity index (χ1) is 9.68. The third-order valence-electron chi connectivity index (χ3n) is 2.95. The highest BCUT2D eigenvalue weighted by Crippen LogP contribution is 2.21. The maximum Gasteiger partial charge on any atom is 0.209 e. The summed E-state index contributed by atoms with van der Waals surface area (Å²) in [6.45, 7) is 4.10. The Morgan fingerprint density at radius 1 is 1.29 bits per heavy atom. The van der Waals surface area contributed by atoms with Crippen LogP contribution in [0.5, 0.6) is 0 Å². The number of imidazole rings is 1. The van der Waals surface area contributed by atoms with E-state index in [2.05, 4.69) is 9.71 Å². The van der Waals surface area contributed by atoms with Crippen LogP contribution in [0.2, 0.25) is 0 Å². The van der Waals surface area contributed by atoms with Gasteiger partial charge < -0.3 is 9.55 Å². The molecule has 114 valence electrons. The van der Waals surface area contributed by atoms with Crippen LogP contribution in [0.1, 0.15) is 13.8 Å². The van der Waals surface area contributed by atoms with Gasteiger partial charge in [0.05, 0.1) is 11.9 Å². The third kappa shape index (κ3) is 4.26. The van der Waals surface area contributed by atoms with Crippen molar-refractivity contribution in [2.75, 3.05) is 6.26 Å². The summed E-state index contributed by atoms with van der Waals surface area (Å²) in [6, 6.07) is 9.84. The Labute approximate surface area is 130 Å². The number of hydrogen-bond donors (Lipinski definition) is 2. The second-order valence-corrected chi connectivity index (χ2v) is 7.82. The number of hydrogen-bond acceptors (Lipinski definition) is 3. The number of sulfonamides is 1. The molecule has 1 aromatic heterocycles. The number of nitrogens with one attached hydrogen (secondary N) is 2. The summed E-state index contributed by atoms with van der Waals surface area (Å²) in [7, 11) is -3.28. The van der Waals surface area contributed by atoms with Crippen LogP contribution in [0.4, 0.5) is 0 Å². The molecule has 0 aliphatic rings. The molecule has 0 aliphatic carbocycles. The van der Waals surface area contributed by atoms with Gasteiger partial charge in [-0.3, -0.25) is 0 Å². The van der Waals surface area contributed by atoms with Gasteiger partial charge in [-0.25, -0.2) is 13.1 Å². The van der Waals surface area contributed by atoms with Gasteiger partial charge in [-0.15, -0.1) is 0 Å². The Hall–Kier alpha value is -1.44. The lowest BCUT2D eigenvalue weighted by molar-refractivity contribution is 0.391. The second-order valence-electron chi connectivity index (χ2n) is 5.69. The van der Waals surface area contributed by atoms with Crippen molar-refractivity contribution in [1.82, 2.24) is 14.3 Å². The van der Waals surface area contributed by atoms with Gasteiger partial charge in [0.1, 0.15) is 0 Å². The highest BCUT2D eigenvalue weighted by molar-refractivity contribution is 7.88. The Bertz CT molecular complexity index is 774. The van der Waals surface area contributed by atoms with Gasteiger partial charge in [-0.2, -0.15) is 0 Å². The molecule has 0 saturated heterocycles. The fraction of sp³-hybridized carbons (Fsp3) is 0.357. The van der Waals surface area contributed by atoms with E-state index in [9.17, 15) is 8.42 Å². The number of H-pyrrole nitrogens is 1. The number of nitrogens with zero attached hydrogens (tertiary/aromatic N) is 1. The van der Waals surface area contributed by atoms with E-state index in [1.165, 1.54) is 0 Å². The monoisotopic (exact) mass is 325 g/mol. The molecular weight excluding hydrogens is 306 g/mol. The predicted octanol–water partition coefficient (Wildman–Crippen LogP) is 2.54. The van der Waals surface area contributed by atoms with E-state index in [4.69, 9.17) is 12.2 Å². The number of rotatable bonds is 5. The Kier molecular flexibility index (Phi) is 4.36. The first-order valence-electron chi connectivity index (χ1n) is 6.50. The van der Waals surface area contributed by atoms with Gasteiger partial charge in [-0.1, -0.05) is 30.3 Å². The molecule has 0 spiro atoms. The number of benzene rings is 1. The zero-order valence-corrected chi connectivity index (χ0v) is 13.9. The van der Waals surface area contributed by atoms with Crippen molar-refractivity contribution in [3.05, 3.63) is 41.3 Å². The summed E-state index contributed by atoms with van der Waals surface area (Å²) in [6.07, 6.45) is 3.00. The minimum atomic E-state index is -3.28. The molecule has 0 saturated carbocycles. The van der Waals surface area contributed by atoms with E-state index in [0.29, 0.717) is 11.3 Å². The lowest BCUT2D eigenvalue weighted by Crippen LogP contribution is -2.46. The van der Waals surface area contributed by atoms with E-state index in [-0.39, 0.29) is 0 Å². The lowest BCUT2D eigenvalue weighted by Gasteiger charge is -2.26. The summed E-state index contributed by atoms with van der Waals surface area (Å²) in [5.41, 5.74) is 1.32. The van der Waals surface area contributed by atoms with E-state index in [1.807, 2.05) is 54.9 Å². The molecule has 0 unspecified atom stereocenters. The maximum atomic E-state index is 11.5. The smallest absolute Gasteiger partial charge is 0.209 e. The van der Waals surface area contributed by atoms with Gasteiger partial charge in [0.2, 0.25) is 10.0 Å². The maximum absolute atomic E-state index is 11.5. The average molecular weight is 325 g/mol. The van der Waals surface area contributed by atoms with Crippen molar-refractivity contribution in [3.63, 3.8) is 0 Å². The molecule has 0 fully saturated rings. The first-order valence-corrected chi connectivity index (χ1v) is 8.80. The molecule has 5 nitrogen and oxygen atoms in total. The van der Waals surface area contributed by atoms with Crippen molar-refractivity contribution in [3.8, 4) is 11.3 Å². The number of aromatic nitrogens is 2. The highest BCUT2D eigenvalue weighted by Gasteiger charge is 2.24. The minimum absolute atomic E-state index is 0.437. The Balaban J connectivity index is 2.38. The van der Waals surface area contributed by atoms with Crippen molar-refractivity contribution < 1.29 is 8.42 Å². The van der Waals surface area contributed by atoms with Crippen LogP contribution in [-0.4, -0.2) is 29.8 Å². The normalized spacial score (nSPS) is 12.5. The van der Waals surface area contributed by atoms with Crippen LogP contribution in [0.3, 0.4) is 0 Å². The molecule has 0 aliphatic heterocycles. The fourth-order valence-electron chi connectivity index (χ4n) is 2.33. The van der Waals surface area contributed by atoms with Gasteiger partial charge >= 0.3 is 0 Å². The van der Waals surface area contributed by atoms with E-state index < -0.39 is 15.6 Å². The standard InChI is InChI=1S/C14H19N3O2S2/c1-14(2,16-21(3,18)19)10-17-12(9-15-13(17)20)11-7-5-4-6-8-11/h4-9,16H,10H2,1-3H3,(H,15,20). The molecule has 1 aromatic carbocycles. The van der Waals surface area contributed by atoms with Gasteiger partial charge in [0.15, 0.2) is 4.77 Å². The summed E-state index contributed by atoms with van der Waals surface area (Å²) in [5, 5.41) is 0. The van der Waals surface area contributed by atoms with Crippen molar-refractivity contribution in [2.45, 2.75) is 25.9 Å². The summed E-state index contributed by atoms with van der Waals surface area (Å²) < 4.78 is 28.0. The zero-order chi connectivity index (χ0) is 15.7. The molecule has 2 rings (SSSR count). The van der Waals surface area contributed by atoms with Gasteiger partial charge in [0, 0.05) is 18.3 Å². The molecular formula is C14H19N3O2S2. The number of aromatic amines is 1. The molecule has 0 amide bonds. The van der Waals surface area contributed by atoms with Gasteiger partial charge in [0.25, 0.3) is 0 Å². The molecule has 2 aromatic rings. The average Bonchev–Trinajstić information content (AvgIpc) is 2.68. The largest absolute Gasteiger partial charge is 0.337 e. The molecule has 7 heteroatoms. The zero-order valence-electron chi connectivity index (χ0n) is 12.3.